The lowest BCUT2D eigenvalue weighted by molar-refractivity contribution is 0.0685. The van der Waals surface area contributed by atoms with Crippen LogP contribution in [-0.4, -0.2) is 29.8 Å². The molecule has 2 heterocycles. The summed E-state index contributed by atoms with van der Waals surface area (Å²) in [5.41, 5.74) is 0.421. The average molecular weight is 250 g/mol. The van der Waals surface area contributed by atoms with Gasteiger partial charge in [-0.25, -0.2) is 13.2 Å². The van der Waals surface area contributed by atoms with Crippen LogP contribution in [0.1, 0.15) is 16.2 Å². The summed E-state index contributed by atoms with van der Waals surface area (Å²) in [6, 6.07) is 1.40. The minimum Gasteiger partial charge on any atom is -0.477 e. The quantitative estimate of drug-likeness (QED) is 0.798. The molecule has 0 radical (unpaired) electrons. The third-order valence-corrected chi connectivity index (χ3v) is 4.16. The fraction of sp³-hybridized carbons (Fsp3) is 0.375. The summed E-state index contributed by atoms with van der Waals surface area (Å²) in [6.45, 7) is 0.159. The standard InChI is InChI=1S/C8H8ClNO4S/c9-6-3-5-4-15(13,14)2-1-10(5)7(6)8(11)12/h3H,1-2,4H2,(H,11,12). The first-order chi connectivity index (χ1) is 6.91. The van der Waals surface area contributed by atoms with Crippen LogP contribution in [-0.2, 0) is 22.1 Å². The molecule has 0 aromatic carbocycles. The van der Waals surface area contributed by atoms with Gasteiger partial charge < -0.3 is 9.67 Å². The fourth-order valence-electron chi connectivity index (χ4n) is 1.69. The van der Waals surface area contributed by atoms with Crippen LogP contribution < -0.4 is 0 Å². The van der Waals surface area contributed by atoms with Gasteiger partial charge in [0.25, 0.3) is 0 Å². The van der Waals surface area contributed by atoms with E-state index in [-0.39, 0.29) is 28.8 Å². The van der Waals surface area contributed by atoms with Crippen molar-refractivity contribution < 1.29 is 18.3 Å². The second kappa shape index (κ2) is 3.24. The Morgan fingerprint density at radius 1 is 1.53 bits per heavy atom. The summed E-state index contributed by atoms with van der Waals surface area (Å²) < 4.78 is 24.0. The first-order valence-electron chi connectivity index (χ1n) is 4.22. The zero-order valence-electron chi connectivity index (χ0n) is 7.60. The molecule has 15 heavy (non-hydrogen) atoms. The molecule has 0 spiro atoms. The van der Waals surface area contributed by atoms with Crippen LogP contribution in [0.5, 0.6) is 0 Å². The maximum absolute atomic E-state index is 11.3. The SMILES string of the molecule is O=C(O)c1c(Cl)cc2n1CCS(=O)(=O)C2. The van der Waals surface area contributed by atoms with Crippen LogP contribution in [0.25, 0.3) is 0 Å². The topological polar surface area (TPSA) is 76.4 Å². The van der Waals surface area contributed by atoms with Gasteiger partial charge in [-0.3, -0.25) is 0 Å². The summed E-state index contributed by atoms with van der Waals surface area (Å²) in [6.07, 6.45) is 0. The largest absolute Gasteiger partial charge is 0.477 e. The van der Waals surface area contributed by atoms with Crippen LogP contribution in [0.4, 0.5) is 0 Å². The molecule has 0 unspecified atom stereocenters. The maximum atomic E-state index is 11.3. The molecule has 0 aliphatic carbocycles. The van der Waals surface area contributed by atoms with E-state index in [0.717, 1.165) is 0 Å². The molecular formula is C8H8ClNO4S. The lowest BCUT2D eigenvalue weighted by atomic mass is 10.4. The van der Waals surface area contributed by atoms with Crippen molar-refractivity contribution >= 4 is 27.4 Å². The molecule has 0 saturated heterocycles. The Balaban J connectivity index is 2.58. The van der Waals surface area contributed by atoms with E-state index in [9.17, 15) is 13.2 Å². The molecule has 7 heteroatoms. The smallest absolute Gasteiger partial charge is 0.354 e. The minimum atomic E-state index is -3.10. The number of nitrogens with zero attached hydrogens (tertiary/aromatic N) is 1. The second-order valence-electron chi connectivity index (χ2n) is 3.38. The molecule has 1 aliphatic rings. The highest BCUT2D eigenvalue weighted by Gasteiger charge is 2.27. The van der Waals surface area contributed by atoms with Gasteiger partial charge in [0.1, 0.15) is 5.69 Å². The molecular weight excluding hydrogens is 242 g/mol. The number of aromatic carboxylic acids is 1. The molecule has 2 rings (SSSR count). The van der Waals surface area contributed by atoms with Crippen LogP contribution in [0.2, 0.25) is 5.02 Å². The Hall–Kier alpha value is -1.01. The van der Waals surface area contributed by atoms with E-state index >= 15 is 0 Å². The van der Waals surface area contributed by atoms with E-state index in [1.165, 1.54) is 10.6 Å². The monoisotopic (exact) mass is 249 g/mol. The summed E-state index contributed by atoms with van der Waals surface area (Å²) in [5.74, 6) is -1.31. The van der Waals surface area contributed by atoms with E-state index in [1.54, 1.807) is 0 Å². The number of halogens is 1. The summed E-state index contributed by atoms with van der Waals surface area (Å²) >= 11 is 5.73. The highest BCUT2D eigenvalue weighted by atomic mass is 35.5. The van der Waals surface area contributed by atoms with Crippen molar-refractivity contribution in [3.8, 4) is 0 Å². The summed E-state index contributed by atoms with van der Waals surface area (Å²) in [7, 11) is -3.10. The molecule has 1 aromatic heterocycles. The van der Waals surface area contributed by atoms with Gasteiger partial charge in [0.2, 0.25) is 0 Å². The van der Waals surface area contributed by atoms with Gasteiger partial charge >= 0.3 is 5.97 Å². The summed E-state index contributed by atoms with van der Waals surface area (Å²) in [4.78, 5) is 10.9. The normalized spacial score (nSPS) is 18.5. The van der Waals surface area contributed by atoms with Crippen LogP contribution in [0.15, 0.2) is 6.07 Å². The number of aromatic nitrogens is 1. The molecule has 82 valence electrons. The first-order valence-corrected chi connectivity index (χ1v) is 6.42. The number of hydrogen-bond acceptors (Lipinski definition) is 3. The first kappa shape index (κ1) is 10.5. The van der Waals surface area contributed by atoms with Gasteiger partial charge in [-0.05, 0) is 6.07 Å². The average Bonchev–Trinajstić information content (AvgIpc) is 2.37. The third kappa shape index (κ3) is 1.74. The van der Waals surface area contributed by atoms with Gasteiger partial charge in [-0.1, -0.05) is 11.6 Å². The Bertz CT molecular complexity index is 531. The summed E-state index contributed by atoms with van der Waals surface area (Å²) in [5, 5.41) is 8.98. The lowest BCUT2D eigenvalue weighted by Gasteiger charge is -2.16. The number of fused-ring (bicyclic) bond motifs is 1. The van der Waals surface area contributed by atoms with Gasteiger partial charge in [-0.15, -0.1) is 0 Å². The minimum absolute atomic E-state index is 0.0263. The van der Waals surface area contributed by atoms with E-state index in [2.05, 4.69) is 0 Å². The molecule has 1 aromatic rings. The predicted molar refractivity (Wildman–Crippen MR) is 53.9 cm³/mol. The van der Waals surface area contributed by atoms with E-state index in [1.807, 2.05) is 0 Å². The van der Waals surface area contributed by atoms with E-state index in [4.69, 9.17) is 16.7 Å². The Morgan fingerprint density at radius 3 is 2.80 bits per heavy atom. The Morgan fingerprint density at radius 2 is 2.20 bits per heavy atom. The molecule has 5 nitrogen and oxygen atoms in total. The van der Waals surface area contributed by atoms with Crippen molar-refractivity contribution in [1.29, 1.82) is 0 Å². The molecule has 0 atom stereocenters. The van der Waals surface area contributed by atoms with Gasteiger partial charge in [0, 0.05) is 12.2 Å². The predicted octanol–water partition coefficient (Wildman–Crippen LogP) is 0.768. The highest BCUT2D eigenvalue weighted by molar-refractivity contribution is 7.90. The van der Waals surface area contributed by atoms with E-state index < -0.39 is 15.8 Å². The van der Waals surface area contributed by atoms with Crippen molar-refractivity contribution in [2.45, 2.75) is 12.3 Å². The number of hydrogen-bond donors (Lipinski definition) is 1. The van der Waals surface area contributed by atoms with Gasteiger partial charge in [-0.2, -0.15) is 0 Å². The number of carbonyl (C=O) groups is 1. The van der Waals surface area contributed by atoms with Crippen molar-refractivity contribution in [2.75, 3.05) is 5.75 Å². The van der Waals surface area contributed by atoms with Gasteiger partial charge in [0.15, 0.2) is 9.84 Å². The van der Waals surface area contributed by atoms with Crippen LogP contribution >= 0.6 is 11.6 Å². The number of sulfone groups is 1. The van der Waals surface area contributed by atoms with Gasteiger partial charge in [0.05, 0.1) is 16.5 Å². The molecule has 0 saturated carbocycles. The van der Waals surface area contributed by atoms with Crippen molar-refractivity contribution in [1.82, 2.24) is 4.57 Å². The Kier molecular flexibility index (Phi) is 2.27. The number of carboxylic acid groups (broad SMARTS) is 1. The molecule has 1 aliphatic heterocycles. The molecule has 0 amide bonds. The Labute approximate surface area is 91.2 Å². The lowest BCUT2D eigenvalue weighted by Crippen LogP contribution is -2.25. The maximum Gasteiger partial charge on any atom is 0.354 e. The molecule has 0 fully saturated rings. The zero-order valence-corrected chi connectivity index (χ0v) is 9.18. The molecule has 0 bridgehead atoms. The van der Waals surface area contributed by atoms with Crippen molar-refractivity contribution in [3.05, 3.63) is 22.5 Å². The third-order valence-electron chi connectivity index (χ3n) is 2.33. The second-order valence-corrected chi connectivity index (χ2v) is 5.97. The zero-order chi connectivity index (χ0) is 11.2. The van der Waals surface area contributed by atoms with Crippen LogP contribution in [0.3, 0.4) is 0 Å². The van der Waals surface area contributed by atoms with Crippen molar-refractivity contribution in [2.24, 2.45) is 0 Å². The molecule has 1 N–H and O–H groups in total. The number of carboxylic acids is 1. The fourth-order valence-corrected chi connectivity index (χ4v) is 3.29. The van der Waals surface area contributed by atoms with Crippen LogP contribution in [0, 0.1) is 0 Å². The number of rotatable bonds is 1. The van der Waals surface area contributed by atoms with Crippen molar-refractivity contribution in [3.63, 3.8) is 0 Å². The van der Waals surface area contributed by atoms with E-state index in [0.29, 0.717) is 5.69 Å². The highest BCUT2D eigenvalue weighted by Crippen LogP contribution is 2.26.